The third-order valence-corrected chi connectivity index (χ3v) is 12.1. The fourth-order valence-electron chi connectivity index (χ4n) is 7.25. The molecule has 59 heavy (non-hydrogen) atoms. The number of allylic oxidation sites excluding steroid dienone is 1. The van der Waals surface area contributed by atoms with Gasteiger partial charge in [0.15, 0.2) is 0 Å². The highest BCUT2D eigenvalue weighted by atomic mass is 35.5. The lowest BCUT2D eigenvalue weighted by atomic mass is 9.72. The summed E-state index contributed by atoms with van der Waals surface area (Å²) in [5.74, 6) is -0.300. The zero-order chi connectivity index (χ0) is 41.4. The molecule has 0 atom stereocenters. The average Bonchev–Trinajstić information content (AvgIpc) is 3.70. The van der Waals surface area contributed by atoms with Crippen LogP contribution in [0.4, 0.5) is 5.69 Å². The molecule has 1 aliphatic heterocycles. The molecular weight excluding hydrogens is 790 g/mol. The smallest absolute Gasteiger partial charge is 0.268 e. The summed E-state index contributed by atoms with van der Waals surface area (Å²) >= 11 is 6.19. The summed E-state index contributed by atoms with van der Waals surface area (Å²) in [4.78, 5) is 22.8. The molecule has 0 spiro atoms. The van der Waals surface area contributed by atoms with E-state index < -0.39 is 15.9 Å². The van der Waals surface area contributed by atoms with Gasteiger partial charge in [-0.3, -0.25) is 9.69 Å². The van der Waals surface area contributed by atoms with E-state index in [0.29, 0.717) is 44.3 Å². The molecule has 0 unspecified atom stereocenters. The fourth-order valence-corrected chi connectivity index (χ4v) is 8.31. The van der Waals surface area contributed by atoms with Crippen LogP contribution in [0.3, 0.4) is 0 Å². The van der Waals surface area contributed by atoms with Gasteiger partial charge < -0.3 is 29.8 Å². The predicted molar refractivity (Wildman–Crippen MR) is 229 cm³/mol. The number of morpholine rings is 1. The molecule has 4 N–H and O–H groups in total. The molecule has 3 heterocycles. The van der Waals surface area contributed by atoms with Gasteiger partial charge in [0.1, 0.15) is 34.6 Å². The van der Waals surface area contributed by atoms with E-state index >= 15 is 0 Å². The lowest BCUT2D eigenvalue weighted by Gasteiger charge is -2.34. The number of anilines is 1. The van der Waals surface area contributed by atoms with Crippen LogP contribution in [0.25, 0.3) is 16.5 Å². The van der Waals surface area contributed by atoms with Crippen molar-refractivity contribution in [3.05, 3.63) is 112 Å². The highest BCUT2D eigenvalue weighted by Gasteiger charge is 2.28. The van der Waals surface area contributed by atoms with E-state index in [9.17, 15) is 18.5 Å². The number of nitrogens with zero attached hydrogens (tertiary/aromatic N) is 3. The number of aromatic nitrogens is 2. The molecule has 1 aliphatic carbocycles. The van der Waals surface area contributed by atoms with Crippen molar-refractivity contribution >= 4 is 49.7 Å². The molecule has 15 heteroatoms. The van der Waals surface area contributed by atoms with Crippen LogP contribution < -0.4 is 24.8 Å². The van der Waals surface area contributed by atoms with Crippen LogP contribution in [0.15, 0.2) is 95.7 Å². The minimum Gasteiger partial charge on any atom is -0.475 e. The summed E-state index contributed by atoms with van der Waals surface area (Å²) in [7, 11) is -4.46. The number of amides is 1. The average molecular weight is 838 g/mol. The van der Waals surface area contributed by atoms with Crippen LogP contribution in [-0.4, -0.2) is 88.3 Å². The monoisotopic (exact) mass is 837 g/mol. The fraction of sp³-hybridized carbons (Fsp3) is 0.341. The molecule has 0 radical (unpaired) electrons. The zero-order valence-corrected chi connectivity index (χ0v) is 34.7. The number of hydrogen-bond acceptors (Lipinski definition) is 11. The number of sulfonamides is 1. The molecule has 7 rings (SSSR count). The maximum absolute atomic E-state index is 13.7. The topological polar surface area (TPSA) is 171 Å². The summed E-state index contributed by atoms with van der Waals surface area (Å²) < 4.78 is 46.5. The second kappa shape index (κ2) is 18.7. The number of fused-ring (bicyclic) bond motifs is 1. The third-order valence-electron chi connectivity index (χ3n) is 10.6. The predicted octanol–water partition coefficient (Wildman–Crippen LogP) is 7.38. The van der Waals surface area contributed by atoms with Gasteiger partial charge in [0.2, 0.25) is 5.88 Å². The first kappa shape index (κ1) is 41.7. The summed E-state index contributed by atoms with van der Waals surface area (Å²) in [6.07, 6.45) is 6.02. The van der Waals surface area contributed by atoms with Gasteiger partial charge in [0, 0.05) is 73.1 Å². The first-order valence-corrected chi connectivity index (χ1v) is 21.5. The van der Waals surface area contributed by atoms with Crippen molar-refractivity contribution in [3.63, 3.8) is 0 Å². The van der Waals surface area contributed by atoms with Crippen molar-refractivity contribution in [2.75, 3.05) is 64.4 Å². The maximum atomic E-state index is 13.7. The largest absolute Gasteiger partial charge is 0.475 e. The first-order chi connectivity index (χ1) is 28.5. The van der Waals surface area contributed by atoms with Crippen molar-refractivity contribution < 1.29 is 27.4 Å². The van der Waals surface area contributed by atoms with E-state index in [1.165, 1.54) is 22.8 Å². The van der Waals surface area contributed by atoms with E-state index in [1.54, 1.807) is 18.2 Å². The number of rotatable bonds is 16. The van der Waals surface area contributed by atoms with Crippen LogP contribution in [0.2, 0.25) is 5.02 Å². The number of nitriles is 1. The van der Waals surface area contributed by atoms with Gasteiger partial charge in [0.05, 0.1) is 25.0 Å². The van der Waals surface area contributed by atoms with Crippen molar-refractivity contribution in [1.29, 1.82) is 5.26 Å². The number of H-pyrrole nitrogens is 1. The Balaban J connectivity index is 1.03. The Morgan fingerprint density at radius 1 is 1.05 bits per heavy atom. The number of benzene rings is 3. The van der Waals surface area contributed by atoms with Gasteiger partial charge in [-0.1, -0.05) is 43.2 Å². The minimum absolute atomic E-state index is 0.00941. The lowest BCUT2D eigenvalue weighted by molar-refractivity contribution is 0.0320. The number of hydrogen-bond donors (Lipinski definition) is 4. The Morgan fingerprint density at radius 3 is 2.66 bits per heavy atom. The standard InChI is InChI=1S/C44H48ClN7O6S/c1-44(2)13-11-32(39(26-44)30-3-5-34(45)6-4-30)28-47-15-16-48-35-7-9-38(41(25-35)58-36-8-10-40-31(23-36)12-14-49-40)42(53)51-59(54,55)37-24-33(27-46)43(50-29-37)57-22-19-52-17-20-56-21-18-52/h3-10,12,14,23-25,29,47-49H,11,13,15-22,26,28H2,1-2H3,(H,51,53). The summed E-state index contributed by atoms with van der Waals surface area (Å²) in [6.45, 7) is 10.3. The van der Waals surface area contributed by atoms with Crippen LogP contribution in [-0.2, 0) is 14.8 Å². The van der Waals surface area contributed by atoms with E-state index in [1.807, 2.05) is 42.6 Å². The first-order valence-electron chi connectivity index (χ1n) is 19.7. The molecule has 2 aromatic heterocycles. The minimum atomic E-state index is -4.46. The Kier molecular flexibility index (Phi) is 13.2. The molecule has 3 aromatic carbocycles. The molecule has 1 amide bonds. The molecule has 1 saturated heterocycles. The Labute approximate surface area is 349 Å². The number of halogens is 1. The normalized spacial score (nSPS) is 15.8. The number of carbonyl (C=O) groups excluding carboxylic acids is 1. The van der Waals surface area contributed by atoms with Gasteiger partial charge in [-0.05, 0) is 90.4 Å². The number of pyridine rings is 1. The van der Waals surface area contributed by atoms with E-state index in [-0.39, 0.29) is 39.7 Å². The zero-order valence-electron chi connectivity index (χ0n) is 33.1. The van der Waals surface area contributed by atoms with Crippen LogP contribution in [0.1, 0.15) is 54.6 Å². The number of ether oxygens (including phenoxy) is 3. The summed E-state index contributed by atoms with van der Waals surface area (Å²) in [6, 6.07) is 23.4. The van der Waals surface area contributed by atoms with Crippen LogP contribution >= 0.6 is 11.6 Å². The molecule has 0 bridgehead atoms. The molecule has 308 valence electrons. The quantitative estimate of drug-likeness (QED) is 0.0732. The van der Waals surface area contributed by atoms with Gasteiger partial charge in [-0.2, -0.15) is 5.26 Å². The van der Waals surface area contributed by atoms with Gasteiger partial charge >= 0.3 is 0 Å². The molecule has 1 fully saturated rings. The van der Waals surface area contributed by atoms with Crippen LogP contribution in [0.5, 0.6) is 17.4 Å². The summed E-state index contributed by atoms with van der Waals surface area (Å²) in [5, 5.41) is 18.4. The summed E-state index contributed by atoms with van der Waals surface area (Å²) in [5.41, 5.74) is 5.71. The van der Waals surface area contributed by atoms with E-state index in [0.717, 1.165) is 67.1 Å². The molecular formula is C44H48ClN7O6S. The molecule has 5 aromatic rings. The lowest BCUT2D eigenvalue weighted by Crippen LogP contribution is -2.38. The van der Waals surface area contributed by atoms with Gasteiger partial charge in [-0.15, -0.1) is 0 Å². The second-order valence-electron chi connectivity index (χ2n) is 15.4. The molecule has 2 aliphatic rings. The Bertz CT molecular complexity index is 2470. The highest BCUT2D eigenvalue weighted by molar-refractivity contribution is 7.90. The SMILES string of the molecule is CC1(C)CCC(CNCCNc2ccc(C(=O)NS(=O)(=O)c3cnc(OCCN4CCOCC4)c(C#N)c3)c(Oc3ccc4[nH]ccc4c3)c2)=C(c2ccc(Cl)cc2)C1. The number of carbonyl (C=O) groups is 1. The van der Waals surface area contributed by atoms with Crippen molar-refractivity contribution in [2.45, 2.75) is 38.0 Å². The Hall–Kier alpha value is -5.43. The maximum Gasteiger partial charge on any atom is 0.268 e. The van der Waals surface area contributed by atoms with Crippen molar-refractivity contribution in [1.82, 2.24) is 24.9 Å². The second-order valence-corrected chi connectivity index (χ2v) is 17.6. The van der Waals surface area contributed by atoms with Crippen LogP contribution in [0, 0.1) is 16.7 Å². The van der Waals surface area contributed by atoms with E-state index in [4.69, 9.17) is 25.8 Å². The number of nitrogens with one attached hydrogen (secondary N) is 4. The third kappa shape index (κ3) is 10.8. The van der Waals surface area contributed by atoms with Crippen molar-refractivity contribution in [3.8, 4) is 23.4 Å². The van der Waals surface area contributed by atoms with Gasteiger partial charge in [-0.25, -0.2) is 18.1 Å². The Morgan fingerprint density at radius 2 is 1.86 bits per heavy atom. The van der Waals surface area contributed by atoms with Crippen molar-refractivity contribution in [2.24, 2.45) is 5.41 Å². The molecule has 0 saturated carbocycles. The van der Waals surface area contributed by atoms with E-state index in [2.05, 4.69) is 56.2 Å². The molecule has 13 nitrogen and oxygen atoms in total. The van der Waals surface area contributed by atoms with Gasteiger partial charge in [0.25, 0.3) is 15.9 Å². The number of aromatic amines is 1. The highest BCUT2D eigenvalue weighted by Crippen LogP contribution is 2.43.